The van der Waals surface area contributed by atoms with E-state index in [1.807, 2.05) is 30.3 Å². The third-order valence-electron chi connectivity index (χ3n) is 4.33. The molecule has 1 saturated carbocycles. The minimum atomic E-state index is -0.586. The second-order valence-electron chi connectivity index (χ2n) is 5.96. The molecule has 0 aromatic heterocycles. The van der Waals surface area contributed by atoms with Crippen LogP contribution in [0.1, 0.15) is 19.3 Å². The zero-order valence-electron chi connectivity index (χ0n) is 12.5. The monoisotopic (exact) mass is 305 g/mol. The first-order chi connectivity index (χ1) is 10.7. The van der Waals surface area contributed by atoms with Crippen molar-refractivity contribution in [3.63, 3.8) is 0 Å². The number of para-hydroxylation sites is 1. The second-order valence-corrected chi connectivity index (χ2v) is 5.96. The number of amides is 2. The van der Waals surface area contributed by atoms with Crippen LogP contribution in [-0.2, 0) is 4.74 Å². The normalized spacial score (nSPS) is 28.1. The summed E-state index contributed by atoms with van der Waals surface area (Å²) in [6, 6.07) is 9.42. The van der Waals surface area contributed by atoms with Crippen molar-refractivity contribution in [2.45, 2.75) is 43.6 Å². The molecule has 2 amide bonds. The number of hydrogen-bond donors (Lipinski definition) is 4. The van der Waals surface area contributed by atoms with Crippen LogP contribution in [0.4, 0.5) is 10.5 Å². The van der Waals surface area contributed by atoms with E-state index in [2.05, 4.69) is 16.0 Å². The van der Waals surface area contributed by atoms with Gasteiger partial charge < -0.3 is 25.8 Å². The smallest absolute Gasteiger partial charge is 0.319 e. The van der Waals surface area contributed by atoms with Crippen molar-refractivity contribution in [2.75, 3.05) is 18.5 Å². The number of nitrogens with one attached hydrogen (secondary N) is 3. The molecule has 0 bridgehead atoms. The first-order valence-electron chi connectivity index (χ1n) is 7.88. The summed E-state index contributed by atoms with van der Waals surface area (Å²) in [5.74, 6) is 0. The zero-order chi connectivity index (χ0) is 15.4. The highest BCUT2D eigenvalue weighted by Gasteiger charge is 2.37. The number of urea groups is 1. The summed E-state index contributed by atoms with van der Waals surface area (Å²) in [6.45, 7) is 0.785. The van der Waals surface area contributed by atoms with Gasteiger partial charge in [0.25, 0.3) is 0 Å². The van der Waals surface area contributed by atoms with E-state index < -0.39 is 6.10 Å². The third kappa shape index (κ3) is 3.76. The molecule has 2 fully saturated rings. The number of carbonyl (C=O) groups excluding carboxylic acids is 1. The molecular formula is C16H23N3O3. The van der Waals surface area contributed by atoms with Crippen molar-refractivity contribution in [3.05, 3.63) is 30.3 Å². The molecule has 6 heteroatoms. The molecule has 1 heterocycles. The van der Waals surface area contributed by atoms with Crippen LogP contribution in [0.3, 0.4) is 0 Å². The number of hydrogen-bond acceptors (Lipinski definition) is 4. The van der Waals surface area contributed by atoms with E-state index in [1.54, 1.807) is 0 Å². The van der Waals surface area contributed by atoms with Gasteiger partial charge in [0.05, 0.1) is 18.8 Å². The highest BCUT2D eigenvalue weighted by Crippen LogP contribution is 2.22. The minimum Gasteiger partial charge on any atom is -0.389 e. The van der Waals surface area contributed by atoms with Crippen molar-refractivity contribution >= 4 is 11.7 Å². The van der Waals surface area contributed by atoms with Crippen LogP contribution in [-0.4, -0.2) is 48.6 Å². The fraction of sp³-hybridized carbons (Fsp3) is 0.562. The first kappa shape index (κ1) is 15.3. The van der Waals surface area contributed by atoms with E-state index in [4.69, 9.17) is 4.74 Å². The Morgan fingerprint density at radius 1 is 1.27 bits per heavy atom. The number of benzene rings is 1. The first-order valence-corrected chi connectivity index (χ1v) is 7.88. The van der Waals surface area contributed by atoms with E-state index in [0.717, 1.165) is 5.69 Å². The van der Waals surface area contributed by atoms with Crippen LogP contribution in [0.25, 0.3) is 0 Å². The molecule has 3 atom stereocenters. The Balaban J connectivity index is 1.40. The topological polar surface area (TPSA) is 82.6 Å². The highest BCUT2D eigenvalue weighted by atomic mass is 16.5. The summed E-state index contributed by atoms with van der Waals surface area (Å²) in [6.07, 6.45) is 2.65. The lowest BCUT2D eigenvalue weighted by atomic mass is 9.92. The maximum Gasteiger partial charge on any atom is 0.319 e. The SMILES string of the molecule is O=C(NC[C@H]1OC[C@@H](NC2CCC2)[C@@H]1O)Nc1ccccc1. The standard InChI is InChI=1S/C16H23N3O3/c20-15-13(18-11-7-4-8-11)10-22-14(15)9-17-16(21)19-12-5-2-1-3-6-12/h1-3,5-6,11,13-15,18,20H,4,7-10H2,(H2,17,19,21)/t13-,14-,15+/m1/s1. The maximum atomic E-state index is 11.8. The van der Waals surface area contributed by atoms with Crippen LogP contribution >= 0.6 is 0 Å². The van der Waals surface area contributed by atoms with Crippen LogP contribution in [0, 0.1) is 0 Å². The highest BCUT2D eigenvalue weighted by molar-refractivity contribution is 5.89. The molecule has 1 aromatic carbocycles. The van der Waals surface area contributed by atoms with Crippen LogP contribution < -0.4 is 16.0 Å². The van der Waals surface area contributed by atoms with E-state index in [0.29, 0.717) is 19.2 Å². The minimum absolute atomic E-state index is 0.0331. The van der Waals surface area contributed by atoms with Crippen molar-refractivity contribution in [2.24, 2.45) is 0 Å². The molecule has 1 aromatic rings. The lowest BCUT2D eigenvalue weighted by Crippen LogP contribution is -2.50. The summed E-state index contributed by atoms with van der Waals surface area (Å²) >= 11 is 0. The molecule has 0 spiro atoms. The average molecular weight is 305 g/mol. The van der Waals surface area contributed by atoms with Gasteiger partial charge in [0.2, 0.25) is 0 Å². The fourth-order valence-corrected chi connectivity index (χ4v) is 2.78. The molecule has 1 saturated heterocycles. The Hall–Kier alpha value is -1.63. The summed E-state index contributed by atoms with van der Waals surface area (Å²) in [5.41, 5.74) is 0.734. The van der Waals surface area contributed by atoms with Crippen LogP contribution in [0.5, 0.6) is 0 Å². The number of anilines is 1. The van der Waals surface area contributed by atoms with E-state index >= 15 is 0 Å². The summed E-state index contributed by atoms with van der Waals surface area (Å²) in [4.78, 5) is 11.8. The van der Waals surface area contributed by atoms with Gasteiger partial charge in [-0.25, -0.2) is 4.79 Å². The predicted molar refractivity (Wildman–Crippen MR) is 83.8 cm³/mol. The van der Waals surface area contributed by atoms with E-state index in [9.17, 15) is 9.90 Å². The Bertz CT molecular complexity index is 493. The van der Waals surface area contributed by atoms with E-state index in [-0.39, 0.29) is 18.2 Å². The molecule has 120 valence electrons. The summed E-state index contributed by atoms with van der Waals surface area (Å²) in [5, 5.41) is 19.2. The summed E-state index contributed by atoms with van der Waals surface area (Å²) in [7, 11) is 0. The zero-order valence-corrected chi connectivity index (χ0v) is 12.5. The number of rotatable bonds is 5. The largest absolute Gasteiger partial charge is 0.389 e. The molecule has 0 radical (unpaired) electrons. The van der Waals surface area contributed by atoms with Crippen LogP contribution in [0.15, 0.2) is 30.3 Å². The molecule has 22 heavy (non-hydrogen) atoms. The van der Waals surface area contributed by atoms with Crippen LogP contribution in [0.2, 0.25) is 0 Å². The van der Waals surface area contributed by atoms with E-state index in [1.165, 1.54) is 19.3 Å². The van der Waals surface area contributed by atoms with Gasteiger partial charge >= 0.3 is 6.03 Å². The molecule has 4 N–H and O–H groups in total. The fourth-order valence-electron chi connectivity index (χ4n) is 2.78. The maximum absolute atomic E-state index is 11.8. The van der Waals surface area contributed by atoms with Gasteiger partial charge in [-0.3, -0.25) is 0 Å². The Kier molecular flexibility index (Phi) is 4.92. The van der Waals surface area contributed by atoms with Gasteiger partial charge in [-0.2, -0.15) is 0 Å². The molecule has 3 rings (SSSR count). The molecule has 1 aliphatic carbocycles. The van der Waals surface area contributed by atoms with Gasteiger partial charge in [-0.15, -0.1) is 0 Å². The van der Waals surface area contributed by atoms with Gasteiger partial charge in [0.15, 0.2) is 0 Å². The lowest BCUT2D eigenvalue weighted by Gasteiger charge is -2.30. The van der Waals surface area contributed by atoms with Crippen molar-refractivity contribution < 1.29 is 14.6 Å². The van der Waals surface area contributed by atoms with Gasteiger partial charge in [0.1, 0.15) is 6.10 Å². The average Bonchev–Trinajstić information content (AvgIpc) is 2.82. The molecule has 0 unspecified atom stereocenters. The second kappa shape index (κ2) is 7.09. The van der Waals surface area contributed by atoms with Crippen molar-refractivity contribution in [1.82, 2.24) is 10.6 Å². The van der Waals surface area contributed by atoms with Crippen molar-refractivity contribution in [3.8, 4) is 0 Å². The predicted octanol–water partition coefficient (Wildman–Crippen LogP) is 1.08. The quantitative estimate of drug-likeness (QED) is 0.656. The number of aliphatic hydroxyl groups excluding tert-OH is 1. The number of carbonyl (C=O) groups is 1. The van der Waals surface area contributed by atoms with Crippen molar-refractivity contribution in [1.29, 1.82) is 0 Å². The summed E-state index contributed by atoms with van der Waals surface area (Å²) < 4.78 is 5.59. The third-order valence-corrected chi connectivity index (χ3v) is 4.33. The Morgan fingerprint density at radius 2 is 2.05 bits per heavy atom. The van der Waals surface area contributed by atoms with Gasteiger partial charge in [-0.1, -0.05) is 24.6 Å². The Labute approximate surface area is 130 Å². The number of aliphatic hydroxyl groups is 1. The lowest BCUT2D eigenvalue weighted by molar-refractivity contribution is 0.0421. The van der Waals surface area contributed by atoms with Gasteiger partial charge in [-0.05, 0) is 25.0 Å². The van der Waals surface area contributed by atoms with Gasteiger partial charge in [0, 0.05) is 18.3 Å². The molecule has 6 nitrogen and oxygen atoms in total. The number of ether oxygens (including phenoxy) is 1. The molecule has 1 aliphatic heterocycles. The molecular weight excluding hydrogens is 282 g/mol. The Morgan fingerprint density at radius 3 is 2.73 bits per heavy atom. The molecule has 2 aliphatic rings.